The van der Waals surface area contributed by atoms with Crippen molar-refractivity contribution in [1.29, 1.82) is 0 Å². The summed E-state index contributed by atoms with van der Waals surface area (Å²) >= 11 is 0. The van der Waals surface area contributed by atoms with Crippen molar-refractivity contribution in [2.75, 3.05) is 11.8 Å². The number of aromatic nitrogens is 1. The molecule has 1 saturated carbocycles. The molecule has 1 aliphatic carbocycles. The molecule has 0 unspecified atom stereocenters. The fourth-order valence-corrected chi connectivity index (χ4v) is 4.26. The molecule has 1 fully saturated rings. The van der Waals surface area contributed by atoms with Gasteiger partial charge in [0.05, 0.1) is 30.8 Å². The van der Waals surface area contributed by atoms with Crippen LogP contribution in [0.1, 0.15) is 36.0 Å². The molecule has 0 spiro atoms. The van der Waals surface area contributed by atoms with Gasteiger partial charge in [0.1, 0.15) is 10.6 Å². The van der Waals surface area contributed by atoms with Gasteiger partial charge in [-0.15, -0.1) is 0 Å². The number of rotatable bonds is 6. The van der Waals surface area contributed by atoms with Crippen LogP contribution in [0.2, 0.25) is 0 Å². The van der Waals surface area contributed by atoms with E-state index in [0.29, 0.717) is 5.75 Å². The van der Waals surface area contributed by atoms with Crippen LogP contribution < -0.4 is 14.8 Å². The average Bonchev–Trinajstić information content (AvgIpc) is 3.14. The molecule has 2 N–H and O–H groups in total. The number of carbonyl (C=O) groups excluding carboxylic acids is 1. The van der Waals surface area contributed by atoms with E-state index in [2.05, 4.69) is 15.0 Å². The van der Waals surface area contributed by atoms with E-state index in [-0.39, 0.29) is 28.1 Å². The Morgan fingerprint density at radius 1 is 1.19 bits per heavy atom. The lowest BCUT2D eigenvalue weighted by molar-refractivity contribution is 0.0934. The minimum Gasteiger partial charge on any atom is -0.495 e. The molecule has 138 valence electrons. The Labute approximate surface area is 152 Å². The number of anilines is 1. The lowest BCUT2D eigenvalue weighted by Crippen LogP contribution is -2.33. The molecule has 1 heterocycles. The zero-order chi connectivity index (χ0) is 18.6. The maximum absolute atomic E-state index is 12.8. The van der Waals surface area contributed by atoms with Crippen molar-refractivity contribution in [3.05, 3.63) is 48.3 Å². The van der Waals surface area contributed by atoms with E-state index in [1.54, 1.807) is 12.1 Å². The predicted octanol–water partition coefficient (Wildman–Crippen LogP) is 2.56. The summed E-state index contributed by atoms with van der Waals surface area (Å²) in [6, 6.07) is 7.79. The van der Waals surface area contributed by atoms with E-state index in [1.165, 1.54) is 37.7 Å². The Hall–Kier alpha value is -2.61. The van der Waals surface area contributed by atoms with Crippen molar-refractivity contribution < 1.29 is 17.9 Å². The lowest BCUT2D eigenvalue weighted by atomic mass is 10.2. The van der Waals surface area contributed by atoms with E-state index >= 15 is 0 Å². The van der Waals surface area contributed by atoms with E-state index in [4.69, 9.17) is 4.74 Å². The van der Waals surface area contributed by atoms with Crippen molar-refractivity contribution in [3.63, 3.8) is 0 Å². The first-order valence-electron chi connectivity index (χ1n) is 8.41. The third kappa shape index (κ3) is 4.13. The summed E-state index contributed by atoms with van der Waals surface area (Å²) < 4.78 is 33.1. The SMILES string of the molecule is COc1cncc(NS(=O)(=O)c2ccccc2C(=O)NC2CCCC2)c1. The summed E-state index contributed by atoms with van der Waals surface area (Å²) in [5.74, 6) is 0.0547. The third-order valence-electron chi connectivity index (χ3n) is 4.31. The Bertz CT molecular complexity index is 893. The van der Waals surface area contributed by atoms with Crippen LogP contribution in [-0.4, -0.2) is 32.5 Å². The zero-order valence-electron chi connectivity index (χ0n) is 14.4. The molecule has 3 rings (SSSR count). The second-order valence-electron chi connectivity index (χ2n) is 6.17. The highest BCUT2D eigenvalue weighted by atomic mass is 32.2. The van der Waals surface area contributed by atoms with Gasteiger partial charge < -0.3 is 10.1 Å². The molecular formula is C18H21N3O4S. The number of nitrogens with one attached hydrogen (secondary N) is 2. The monoisotopic (exact) mass is 375 g/mol. The first-order chi connectivity index (χ1) is 12.5. The number of carbonyl (C=O) groups is 1. The third-order valence-corrected chi connectivity index (χ3v) is 5.75. The van der Waals surface area contributed by atoms with Crippen LogP contribution in [0.5, 0.6) is 5.75 Å². The molecule has 1 aliphatic rings. The highest BCUT2D eigenvalue weighted by Crippen LogP contribution is 2.23. The van der Waals surface area contributed by atoms with E-state index in [9.17, 15) is 13.2 Å². The van der Waals surface area contributed by atoms with Crippen LogP contribution in [0.25, 0.3) is 0 Å². The van der Waals surface area contributed by atoms with Gasteiger partial charge >= 0.3 is 0 Å². The van der Waals surface area contributed by atoms with Crippen molar-refractivity contribution in [3.8, 4) is 5.75 Å². The molecule has 0 aliphatic heterocycles. The molecule has 1 aromatic heterocycles. The van der Waals surface area contributed by atoms with Crippen molar-refractivity contribution in [2.24, 2.45) is 0 Å². The fourth-order valence-electron chi connectivity index (χ4n) is 3.02. The first kappa shape index (κ1) is 18.2. The number of methoxy groups -OCH3 is 1. The van der Waals surface area contributed by atoms with Gasteiger partial charge in [0.2, 0.25) is 0 Å². The molecule has 2 aromatic rings. The van der Waals surface area contributed by atoms with Gasteiger partial charge in [0.15, 0.2) is 0 Å². The predicted molar refractivity (Wildman–Crippen MR) is 97.8 cm³/mol. The molecule has 7 nitrogen and oxygen atoms in total. The van der Waals surface area contributed by atoms with Crippen LogP contribution in [0.4, 0.5) is 5.69 Å². The van der Waals surface area contributed by atoms with Gasteiger partial charge in [-0.05, 0) is 25.0 Å². The topological polar surface area (TPSA) is 97.4 Å². The van der Waals surface area contributed by atoms with Crippen LogP contribution >= 0.6 is 0 Å². The Morgan fingerprint density at radius 2 is 1.92 bits per heavy atom. The molecule has 0 radical (unpaired) electrons. The van der Waals surface area contributed by atoms with Gasteiger partial charge in [-0.2, -0.15) is 0 Å². The number of nitrogens with zero attached hydrogens (tertiary/aromatic N) is 1. The maximum atomic E-state index is 12.8. The van der Waals surface area contributed by atoms with Gasteiger partial charge in [0.25, 0.3) is 15.9 Å². The van der Waals surface area contributed by atoms with Crippen molar-refractivity contribution in [2.45, 2.75) is 36.6 Å². The second kappa shape index (κ2) is 7.74. The number of sulfonamides is 1. The second-order valence-corrected chi connectivity index (χ2v) is 7.82. The van der Waals surface area contributed by atoms with E-state index in [1.807, 2.05) is 0 Å². The standard InChI is InChI=1S/C18H21N3O4S/c1-25-15-10-14(11-19-12-15)21-26(23,24)17-9-5-4-8-16(17)18(22)20-13-6-2-3-7-13/h4-5,8-13,21H,2-3,6-7H2,1H3,(H,20,22). The molecule has 0 saturated heterocycles. The van der Waals surface area contributed by atoms with Gasteiger partial charge in [0, 0.05) is 12.1 Å². The number of hydrogen-bond acceptors (Lipinski definition) is 5. The number of pyridine rings is 1. The quantitative estimate of drug-likeness (QED) is 0.809. The van der Waals surface area contributed by atoms with Crippen molar-refractivity contribution >= 4 is 21.6 Å². The Morgan fingerprint density at radius 3 is 2.65 bits per heavy atom. The molecule has 26 heavy (non-hydrogen) atoms. The van der Waals surface area contributed by atoms with Crippen LogP contribution in [0, 0.1) is 0 Å². The molecule has 8 heteroatoms. The fraction of sp³-hybridized carbons (Fsp3) is 0.333. The van der Waals surface area contributed by atoms with E-state index in [0.717, 1.165) is 25.7 Å². The Kier molecular flexibility index (Phi) is 5.41. The van der Waals surface area contributed by atoms with Crippen LogP contribution in [0.3, 0.4) is 0 Å². The van der Waals surface area contributed by atoms with Gasteiger partial charge in [-0.3, -0.25) is 14.5 Å². The largest absolute Gasteiger partial charge is 0.495 e. The molecule has 1 aromatic carbocycles. The maximum Gasteiger partial charge on any atom is 0.262 e. The van der Waals surface area contributed by atoms with Crippen molar-refractivity contribution in [1.82, 2.24) is 10.3 Å². The lowest BCUT2D eigenvalue weighted by Gasteiger charge is -2.15. The zero-order valence-corrected chi connectivity index (χ0v) is 15.3. The number of ether oxygens (including phenoxy) is 1. The summed E-state index contributed by atoms with van der Waals surface area (Å²) in [6.45, 7) is 0. The summed E-state index contributed by atoms with van der Waals surface area (Å²) in [4.78, 5) is 16.4. The van der Waals surface area contributed by atoms with Crippen LogP contribution in [0.15, 0.2) is 47.6 Å². The van der Waals surface area contributed by atoms with Gasteiger partial charge in [-0.25, -0.2) is 8.42 Å². The normalized spacial score (nSPS) is 14.8. The smallest absolute Gasteiger partial charge is 0.262 e. The number of amides is 1. The summed E-state index contributed by atoms with van der Waals surface area (Å²) in [7, 11) is -2.48. The highest BCUT2D eigenvalue weighted by molar-refractivity contribution is 7.92. The minimum atomic E-state index is -3.95. The van der Waals surface area contributed by atoms with E-state index < -0.39 is 10.0 Å². The summed E-state index contributed by atoms with van der Waals surface area (Å²) in [6.07, 6.45) is 6.86. The molecule has 0 bridgehead atoms. The molecule has 0 atom stereocenters. The number of benzene rings is 1. The number of hydrogen-bond donors (Lipinski definition) is 2. The highest BCUT2D eigenvalue weighted by Gasteiger charge is 2.25. The minimum absolute atomic E-state index is 0.0710. The molecule has 1 amide bonds. The summed E-state index contributed by atoms with van der Waals surface area (Å²) in [5, 5.41) is 2.93. The van der Waals surface area contributed by atoms with Crippen LogP contribution in [-0.2, 0) is 10.0 Å². The summed E-state index contributed by atoms with van der Waals surface area (Å²) in [5.41, 5.74) is 0.387. The Balaban J connectivity index is 1.86. The molecular weight excluding hydrogens is 354 g/mol. The average molecular weight is 375 g/mol. The van der Waals surface area contributed by atoms with Gasteiger partial charge in [-0.1, -0.05) is 25.0 Å². The first-order valence-corrected chi connectivity index (χ1v) is 9.89.